The van der Waals surface area contributed by atoms with Gasteiger partial charge in [0.05, 0.1) is 0 Å². The van der Waals surface area contributed by atoms with E-state index in [0.717, 1.165) is 12.0 Å². The zero-order valence-electron chi connectivity index (χ0n) is 8.71. The molecule has 85 valence electrons. The van der Waals surface area contributed by atoms with Gasteiger partial charge in [-0.3, -0.25) is 0 Å². The first-order chi connectivity index (χ1) is 7.74. The largest absolute Gasteiger partial charge is 0.511 e. The van der Waals surface area contributed by atoms with E-state index in [1.165, 1.54) is 0 Å². The van der Waals surface area contributed by atoms with E-state index in [-0.39, 0.29) is 0 Å². The molecule has 0 spiro atoms. The molecule has 0 N–H and O–H groups in total. The Morgan fingerprint density at radius 2 is 2.06 bits per heavy atom. The Morgan fingerprint density at radius 1 is 1.38 bits per heavy atom. The standard InChI is InChI=1S/C11H11O5/c1-9(10-5-3-2-4-6-10)16-11(13)15-8-14-7-12/h2-6,9H,8H2,1H3. The summed E-state index contributed by atoms with van der Waals surface area (Å²) in [4.78, 5) is 20.7. The minimum atomic E-state index is -0.897. The fourth-order valence-electron chi connectivity index (χ4n) is 1.07. The van der Waals surface area contributed by atoms with Gasteiger partial charge < -0.3 is 14.2 Å². The van der Waals surface area contributed by atoms with Crippen LogP contribution >= 0.6 is 0 Å². The molecule has 5 nitrogen and oxygen atoms in total. The van der Waals surface area contributed by atoms with E-state index < -0.39 is 19.1 Å². The molecule has 0 aromatic heterocycles. The monoisotopic (exact) mass is 223 g/mol. The minimum absolute atomic E-state index is 0.422. The average molecular weight is 223 g/mol. The summed E-state index contributed by atoms with van der Waals surface area (Å²) < 4.78 is 13.4. The average Bonchev–Trinajstić information content (AvgIpc) is 2.30. The Balaban J connectivity index is 2.36. The molecular weight excluding hydrogens is 212 g/mol. The lowest BCUT2D eigenvalue weighted by Crippen LogP contribution is -2.12. The van der Waals surface area contributed by atoms with Gasteiger partial charge in [0.2, 0.25) is 6.79 Å². The predicted octanol–water partition coefficient (Wildman–Crippen LogP) is 1.94. The van der Waals surface area contributed by atoms with Gasteiger partial charge in [-0.2, -0.15) is 0 Å². The van der Waals surface area contributed by atoms with Crippen LogP contribution in [0.1, 0.15) is 18.6 Å². The van der Waals surface area contributed by atoms with Crippen molar-refractivity contribution in [2.75, 3.05) is 6.79 Å². The molecule has 16 heavy (non-hydrogen) atoms. The molecule has 0 fully saturated rings. The molecule has 1 rings (SSSR count). The van der Waals surface area contributed by atoms with Crippen LogP contribution in [-0.4, -0.2) is 19.4 Å². The van der Waals surface area contributed by atoms with Crippen LogP contribution in [0.5, 0.6) is 0 Å². The highest BCUT2D eigenvalue weighted by molar-refractivity contribution is 5.60. The van der Waals surface area contributed by atoms with Crippen molar-refractivity contribution in [1.29, 1.82) is 0 Å². The van der Waals surface area contributed by atoms with Crippen LogP contribution < -0.4 is 0 Å². The van der Waals surface area contributed by atoms with Gasteiger partial charge in [0, 0.05) is 0 Å². The number of ether oxygens (including phenoxy) is 3. The molecule has 0 heterocycles. The molecule has 1 atom stereocenters. The topological polar surface area (TPSA) is 61.8 Å². The van der Waals surface area contributed by atoms with Gasteiger partial charge in [-0.05, 0) is 12.5 Å². The first kappa shape index (κ1) is 12.0. The van der Waals surface area contributed by atoms with Gasteiger partial charge in [0.1, 0.15) is 6.10 Å². The highest BCUT2D eigenvalue weighted by Gasteiger charge is 2.12. The predicted molar refractivity (Wildman–Crippen MR) is 54.1 cm³/mol. The second-order valence-corrected chi connectivity index (χ2v) is 2.91. The molecule has 0 aliphatic rings. The van der Waals surface area contributed by atoms with Crippen LogP contribution in [-0.2, 0) is 19.0 Å². The first-order valence-corrected chi connectivity index (χ1v) is 4.61. The van der Waals surface area contributed by atoms with Crippen LogP contribution in [0.2, 0.25) is 0 Å². The van der Waals surface area contributed by atoms with Crippen molar-refractivity contribution in [3.05, 3.63) is 35.9 Å². The number of carbonyl (C=O) groups is 1. The summed E-state index contributed by atoms with van der Waals surface area (Å²) in [7, 11) is 0. The fourth-order valence-corrected chi connectivity index (χ4v) is 1.07. The number of benzene rings is 1. The van der Waals surface area contributed by atoms with Gasteiger partial charge in [-0.15, -0.1) is 0 Å². The van der Waals surface area contributed by atoms with Crippen LogP contribution in [0, 0.1) is 0 Å². The van der Waals surface area contributed by atoms with Gasteiger partial charge in [0.15, 0.2) is 0 Å². The molecule has 1 aromatic rings. The lowest BCUT2D eigenvalue weighted by molar-refractivity contribution is -0.0167. The molecule has 0 saturated carbocycles. The van der Waals surface area contributed by atoms with E-state index >= 15 is 0 Å². The summed E-state index contributed by atoms with van der Waals surface area (Å²) in [6, 6.07) is 9.19. The molecule has 0 bridgehead atoms. The van der Waals surface area contributed by atoms with Crippen molar-refractivity contribution in [3.8, 4) is 0 Å². The van der Waals surface area contributed by atoms with E-state index in [2.05, 4.69) is 9.47 Å². The third kappa shape index (κ3) is 4.00. The molecule has 0 aliphatic heterocycles. The second-order valence-electron chi connectivity index (χ2n) is 2.91. The third-order valence-electron chi connectivity index (χ3n) is 1.84. The Bertz CT molecular complexity index is 335. The zero-order valence-corrected chi connectivity index (χ0v) is 8.71. The smallest absolute Gasteiger partial charge is 0.426 e. The molecule has 1 unspecified atom stereocenters. The summed E-state index contributed by atoms with van der Waals surface area (Å²) >= 11 is 0. The molecule has 0 amide bonds. The highest BCUT2D eigenvalue weighted by atomic mass is 16.8. The van der Waals surface area contributed by atoms with E-state index in [9.17, 15) is 9.59 Å². The van der Waals surface area contributed by atoms with Crippen LogP contribution in [0.25, 0.3) is 0 Å². The van der Waals surface area contributed by atoms with E-state index in [0.29, 0.717) is 0 Å². The van der Waals surface area contributed by atoms with Crippen molar-refractivity contribution in [2.45, 2.75) is 13.0 Å². The number of hydrogen-bond donors (Lipinski definition) is 0. The lowest BCUT2D eigenvalue weighted by atomic mass is 10.1. The molecule has 0 aliphatic carbocycles. The van der Waals surface area contributed by atoms with Crippen molar-refractivity contribution in [3.63, 3.8) is 0 Å². The van der Waals surface area contributed by atoms with Crippen LogP contribution in [0.15, 0.2) is 30.3 Å². The minimum Gasteiger partial charge on any atom is -0.426 e. The van der Waals surface area contributed by atoms with E-state index in [1.54, 1.807) is 6.92 Å². The first-order valence-electron chi connectivity index (χ1n) is 4.61. The van der Waals surface area contributed by atoms with E-state index in [4.69, 9.17) is 4.74 Å². The molecule has 1 radical (unpaired) electrons. The third-order valence-corrected chi connectivity index (χ3v) is 1.84. The fraction of sp³-hybridized carbons (Fsp3) is 0.273. The summed E-state index contributed by atoms with van der Waals surface area (Å²) in [5.74, 6) is 0. The van der Waals surface area contributed by atoms with Crippen LogP contribution in [0.3, 0.4) is 0 Å². The second kappa shape index (κ2) is 6.44. The summed E-state index contributed by atoms with van der Waals surface area (Å²) in [6.45, 7) is 2.34. The Morgan fingerprint density at radius 3 is 2.69 bits per heavy atom. The Kier molecular flexibility index (Phi) is 4.85. The van der Waals surface area contributed by atoms with Gasteiger partial charge in [0.25, 0.3) is 0 Å². The Hall–Kier alpha value is -2.04. The number of hydrogen-bond acceptors (Lipinski definition) is 5. The maximum Gasteiger partial charge on any atom is 0.511 e. The highest BCUT2D eigenvalue weighted by Crippen LogP contribution is 2.16. The SMILES string of the molecule is CC(OC(=O)OCO[C]=O)c1ccccc1. The normalized spacial score (nSPS) is 11.3. The van der Waals surface area contributed by atoms with Crippen molar-refractivity contribution >= 4 is 12.6 Å². The quantitative estimate of drug-likeness (QED) is 0.433. The maximum absolute atomic E-state index is 11.0. The van der Waals surface area contributed by atoms with Crippen LogP contribution in [0.4, 0.5) is 4.79 Å². The molecule has 5 heteroatoms. The zero-order chi connectivity index (χ0) is 11.8. The van der Waals surface area contributed by atoms with E-state index in [1.807, 2.05) is 30.3 Å². The molecule has 1 aromatic carbocycles. The number of carbonyl (C=O) groups excluding carboxylic acids is 2. The van der Waals surface area contributed by atoms with Crippen molar-refractivity contribution in [2.24, 2.45) is 0 Å². The molecular formula is C11H11O5. The van der Waals surface area contributed by atoms with Gasteiger partial charge in [-0.1, -0.05) is 30.3 Å². The maximum atomic E-state index is 11.0. The lowest BCUT2D eigenvalue weighted by Gasteiger charge is -2.12. The number of rotatable bonds is 5. The van der Waals surface area contributed by atoms with Crippen molar-refractivity contribution in [1.82, 2.24) is 0 Å². The van der Waals surface area contributed by atoms with Crippen molar-refractivity contribution < 1.29 is 23.8 Å². The summed E-state index contributed by atoms with van der Waals surface area (Å²) in [5, 5.41) is 0. The summed E-state index contributed by atoms with van der Waals surface area (Å²) in [5.41, 5.74) is 0.849. The molecule has 0 saturated heterocycles. The van der Waals surface area contributed by atoms with Gasteiger partial charge >= 0.3 is 12.6 Å². The van der Waals surface area contributed by atoms with Gasteiger partial charge in [-0.25, -0.2) is 9.59 Å². The summed E-state index contributed by atoms with van der Waals surface area (Å²) in [6.07, 6.45) is -1.32. The Labute approximate surface area is 92.9 Å².